The van der Waals surface area contributed by atoms with E-state index in [2.05, 4.69) is 22.2 Å². The fourth-order valence-corrected chi connectivity index (χ4v) is 1.64. The second-order valence-corrected chi connectivity index (χ2v) is 4.47. The summed E-state index contributed by atoms with van der Waals surface area (Å²) >= 11 is 5.55. The highest BCUT2D eigenvalue weighted by molar-refractivity contribution is 6.29. The smallest absolute Gasteiger partial charge is 0.367 e. The van der Waals surface area contributed by atoms with Gasteiger partial charge in [-0.1, -0.05) is 31.4 Å². The maximum Gasteiger partial charge on any atom is 0.451 e. The first-order valence-corrected chi connectivity index (χ1v) is 6.09. The summed E-state index contributed by atoms with van der Waals surface area (Å²) in [4.78, 5) is 6.59. The third-order valence-electron chi connectivity index (χ3n) is 2.33. The number of alkyl halides is 3. The molecule has 0 aliphatic carbocycles. The molecule has 3 nitrogen and oxygen atoms in total. The summed E-state index contributed by atoms with van der Waals surface area (Å²) in [7, 11) is 0. The molecule has 1 heterocycles. The zero-order valence-corrected chi connectivity index (χ0v) is 10.9. The molecule has 1 rings (SSSR count). The Balaban J connectivity index is 2.80. The first kappa shape index (κ1) is 15.0. The van der Waals surface area contributed by atoms with Gasteiger partial charge in [0.25, 0.3) is 0 Å². The number of aromatic nitrogens is 2. The monoisotopic (exact) mass is 281 g/mol. The second-order valence-electron chi connectivity index (χ2n) is 4.08. The molecular formula is C11H15ClF3N3. The van der Waals surface area contributed by atoms with Crippen LogP contribution in [0, 0.1) is 0 Å². The van der Waals surface area contributed by atoms with Gasteiger partial charge in [0.1, 0.15) is 11.0 Å². The average molecular weight is 282 g/mol. The molecule has 0 amide bonds. The topological polar surface area (TPSA) is 37.8 Å². The molecule has 1 aromatic rings. The van der Waals surface area contributed by atoms with Crippen LogP contribution >= 0.6 is 11.6 Å². The SMILES string of the molecule is CCCCC(C)Nc1cc(Cl)nc(C(F)(F)F)n1. The van der Waals surface area contributed by atoms with Crippen molar-refractivity contribution in [3.8, 4) is 0 Å². The van der Waals surface area contributed by atoms with Crippen molar-refractivity contribution in [3.05, 3.63) is 17.0 Å². The Morgan fingerprint density at radius 3 is 2.61 bits per heavy atom. The number of anilines is 1. The molecule has 0 fully saturated rings. The van der Waals surface area contributed by atoms with Gasteiger partial charge >= 0.3 is 6.18 Å². The van der Waals surface area contributed by atoms with Crippen LogP contribution in [0.1, 0.15) is 38.9 Å². The van der Waals surface area contributed by atoms with Crippen LogP contribution < -0.4 is 5.32 Å². The Morgan fingerprint density at radius 2 is 2.06 bits per heavy atom. The Hall–Kier alpha value is -1.04. The Kier molecular flexibility index (Phi) is 5.19. The third-order valence-corrected chi connectivity index (χ3v) is 2.53. The van der Waals surface area contributed by atoms with Crippen LogP contribution in [-0.2, 0) is 6.18 Å². The van der Waals surface area contributed by atoms with E-state index in [9.17, 15) is 13.2 Å². The Labute approximate surface area is 109 Å². The van der Waals surface area contributed by atoms with Crippen molar-refractivity contribution in [2.75, 3.05) is 5.32 Å². The highest BCUT2D eigenvalue weighted by atomic mass is 35.5. The number of nitrogens with one attached hydrogen (secondary N) is 1. The molecule has 1 atom stereocenters. The molecule has 0 aliphatic heterocycles. The number of hydrogen-bond acceptors (Lipinski definition) is 3. The molecule has 1 unspecified atom stereocenters. The summed E-state index contributed by atoms with van der Waals surface area (Å²) in [6.07, 6.45) is -1.70. The van der Waals surface area contributed by atoms with Gasteiger partial charge in [-0.25, -0.2) is 9.97 Å². The molecular weight excluding hydrogens is 267 g/mol. The maximum absolute atomic E-state index is 12.5. The minimum Gasteiger partial charge on any atom is -0.367 e. The van der Waals surface area contributed by atoms with Crippen LogP contribution in [0.5, 0.6) is 0 Å². The maximum atomic E-state index is 12.5. The van der Waals surface area contributed by atoms with Crippen molar-refractivity contribution in [1.82, 2.24) is 9.97 Å². The minimum atomic E-state index is -4.59. The summed E-state index contributed by atoms with van der Waals surface area (Å²) in [6.45, 7) is 3.94. The van der Waals surface area contributed by atoms with E-state index < -0.39 is 12.0 Å². The van der Waals surface area contributed by atoms with E-state index in [-0.39, 0.29) is 17.0 Å². The van der Waals surface area contributed by atoms with Gasteiger partial charge in [0.2, 0.25) is 5.82 Å². The van der Waals surface area contributed by atoms with Gasteiger partial charge in [0.05, 0.1) is 0 Å². The predicted octanol–water partition coefficient (Wildman–Crippen LogP) is 4.14. The lowest BCUT2D eigenvalue weighted by Gasteiger charge is -2.15. The van der Waals surface area contributed by atoms with Crippen molar-refractivity contribution in [2.45, 2.75) is 45.3 Å². The molecule has 1 aromatic heterocycles. The van der Waals surface area contributed by atoms with Crippen LogP contribution in [0.4, 0.5) is 19.0 Å². The quantitative estimate of drug-likeness (QED) is 0.824. The van der Waals surface area contributed by atoms with Crippen molar-refractivity contribution in [3.63, 3.8) is 0 Å². The molecule has 0 saturated heterocycles. The molecule has 0 aromatic carbocycles. The molecule has 0 aliphatic rings. The van der Waals surface area contributed by atoms with E-state index in [1.165, 1.54) is 6.07 Å². The Morgan fingerprint density at radius 1 is 1.39 bits per heavy atom. The zero-order valence-electron chi connectivity index (χ0n) is 10.2. The van der Waals surface area contributed by atoms with Gasteiger partial charge in [-0.2, -0.15) is 13.2 Å². The van der Waals surface area contributed by atoms with Crippen LogP contribution in [-0.4, -0.2) is 16.0 Å². The predicted molar refractivity (Wildman–Crippen MR) is 64.7 cm³/mol. The Bertz CT molecular complexity index is 396. The lowest BCUT2D eigenvalue weighted by molar-refractivity contribution is -0.144. The number of hydrogen-bond donors (Lipinski definition) is 1. The number of unbranched alkanes of at least 4 members (excludes halogenated alkanes) is 1. The van der Waals surface area contributed by atoms with Crippen LogP contribution in [0.15, 0.2) is 6.07 Å². The standard InChI is InChI=1S/C11H15ClF3N3/c1-3-4-5-7(2)16-9-6-8(12)17-10(18-9)11(13,14)15/h6-7H,3-5H2,1-2H3,(H,16,17,18). The molecule has 0 bridgehead atoms. The molecule has 1 N–H and O–H groups in total. The fourth-order valence-electron chi connectivity index (χ4n) is 1.45. The van der Waals surface area contributed by atoms with Gasteiger partial charge in [0, 0.05) is 12.1 Å². The lowest BCUT2D eigenvalue weighted by atomic mass is 10.1. The summed E-state index contributed by atoms with van der Waals surface area (Å²) in [5, 5.41) is 2.67. The summed E-state index contributed by atoms with van der Waals surface area (Å²) in [5.41, 5.74) is 0. The van der Waals surface area contributed by atoms with E-state index in [4.69, 9.17) is 11.6 Å². The number of rotatable bonds is 5. The van der Waals surface area contributed by atoms with E-state index in [0.29, 0.717) is 0 Å². The first-order valence-electron chi connectivity index (χ1n) is 5.71. The van der Waals surface area contributed by atoms with Crippen molar-refractivity contribution >= 4 is 17.4 Å². The second kappa shape index (κ2) is 6.22. The number of nitrogens with zero attached hydrogens (tertiary/aromatic N) is 2. The summed E-state index contributed by atoms with van der Waals surface area (Å²) in [6, 6.07) is 1.33. The van der Waals surface area contributed by atoms with E-state index in [0.717, 1.165) is 19.3 Å². The van der Waals surface area contributed by atoms with E-state index >= 15 is 0 Å². The van der Waals surface area contributed by atoms with Gasteiger partial charge in [-0.3, -0.25) is 0 Å². The van der Waals surface area contributed by atoms with Gasteiger partial charge in [-0.15, -0.1) is 0 Å². The highest BCUT2D eigenvalue weighted by Gasteiger charge is 2.35. The third kappa shape index (κ3) is 4.68. The fraction of sp³-hybridized carbons (Fsp3) is 0.636. The zero-order chi connectivity index (χ0) is 13.8. The van der Waals surface area contributed by atoms with Gasteiger partial charge in [0.15, 0.2) is 0 Å². The van der Waals surface area contributed by atoms with Crippen molar-refractivity contribution in [2.24, 2.45) is 0 Å². The lowest BCUT2D eigenvalue weighted by Crippen LogP contribution is -2.18. The molecule has 7 heteroatoms. The normalized spacial score (nSPS) is 13.4. The molecule has 0 radical (unpaired) electrons. The van der Waals surface area contributed by atoms with Crippen LogP contribution in [0.25, 0.3) is 0 Å². The molecule has 102 valence electrons. The number of halogens is 4. The van der Waals surface area contributed by atoms with Gasteiger partial charge < -0.3 is 5.32 Å². The largest absolute Gasteiger partial charge is 0.451 e. The van der Waals surface area contributed by atoms with E-state index in [1.54, 1.807) is 0 Å². The van der Waals surface area contributed by atoms with Crippen LogP contribution in [0.2, 0.25) is 5.15 Å². The average Bonchev–Trinajstić information content (AvgIpc) is 2.24. The highest BCUT2D eigenvalue weighted by Crippen LogP contribution is 2.28. The van der Waals surface area contributed by atoms with Crippen molar-refractivity contribution in [1.29, 1.82) is 0 Å². The summed E-state index contributed by atoms with van der Waals surface area (Å²) in [5.74, 6) is -1.12. The molecule has 0 saturated carbocycles. The molecule has 18 heavy (non-hydrogen) atoms. The summed E-state index contributed by atoms with van der Waals surface area (Å²) < 4.78 is 37.4. The van der Waals surface area contributed by atoms with Gasteiger partial charge in [-0.05, 0) is 13.3 Å². The first-order chi connectivity index (χ1) is 8.32. The van der Waals surface area contributed by atoms with E-state index in [1.807, 2.05) is 6.92 Å². The van der Waals surface area contributed by atoms with Crippen molar-refractivity contribution < 1.29 is 13.2 Å². The molecule has 0 spiro atoms. The van der Waals surface area contributed by atoms with Crippen LogP contribution in [0.3, 0.4) is 0 Å². The minimum absolute atomic E-state index is 0.0389.